The topological polar surface area (TPSA) is 76.1 Å². The van der Waals surface area contributed by atoms with Crippen molar-refractivity contribution >= 4 is 37.1 Å². The molecule has 6 nitrogen and oxygen atoms in total. The Morgan fingerprint density at radius 2 is 1.89 bits per heavy atom. The van der Waals surface area contributed by atoms with E-state index in [1.807, 2.05) is 0 Å². The number of rotatable bonds is 6. The molecule has 1 unspecified atom stereocenters. The third kappa shape index (κ3) is 3.36. The number of methoxy groups -OCH3 is 2. The zero-order valence-electron chi connectivity index (χ0n) is 10.9. The molecular weight excluding hydrogens is 290 g/mol. The summed E-state index contributed by atoms with van der Waals surface area (Å²) in [6, 6.07) is -0.949. The second kappa shape index (κ2) is 6.83. The SMILES string of the molecule is COC1(OC)CC(C(=O)O)N(C(=O)C(CS)CS)C1. The number of ether oxygens (including phenoxy) is 2. The van der Waals surface area contributed by atoms with Crippen LogP contribution in [0.5, 0.6) is 0 Å². The molecule has 0 saturated carbocycles. The van der Waals surface area contributed by atoms with Crippen LogP contribution in [0.3, 0.4) is 0 Å². The molecule has 0 aromatic rings. The Kier molecular flexibility index (Phi) is 5.97. The molecule has 0 radical (unpaired) electrons. The van der Waals surface area contributed by atoms with Gasteiger partial charge in [-0.1, -0.05) is 0 Å². The molecule has 0 spiro atoms. The molecule has 1 N–H and O–H groups in total. The third-order valence-corrected chi connectivity index (χ3v) is 4.28. The highest BCUT2D eigenvalue weighted by Gasteiger charge is 2.50. The highest BCUT2D eigenvalue weighted by Crippen LogP contribution is 2.32. The average molecular weight is 309 g/mol. The van der Waals surface area contributed by atoms with Gasteiger partial charge in [-0.2, -0.15) is 25.3 Å². The number of nitrogens with zero attached hydrogens (tertiary/aromatic N) is 1. The number of carbonyl (C=O) groups is 2. The molecule has 0 aliphatic carbocycles. The molecule has 1 rings (SSSR count). The lowest BCUT2D eigenvalue weighted by atomic mass is 10.1. The lowest BCUT2D eigenvalue weighted by Crippen LogP contribution is -2.45. The van der Waals surface area contributed by atoms with Crippen LogP contribution in [0.15, 0.2) is 0 Å². The number of aliphatic carboxylic acids is 1. The second-order valence-electron chi connectivity index (χ2n) is 4.41. The Bertz CT molecular complexity index is 344. The van der Waals surface area contributed by atoms with E-state index >= 15 is 0 Å². The van der Waals surface area contributed by atoms with E-state index in [4.69, 9.17) is 9.47 Å². The second-order valence-corrected chi connectivity index (χ2v) is 5.14. The van der Waals surface area contributed by atoms with E-state index < -0.39 is 23.7 Å². The minimum atomic E-state index is -1.07. The molecule has 110 valence electrons. The molecule has 0 aromatic heterocycles. The van der Waals surface area contributed by atoms with Gasteiger partial charge in [0.2, 0.25) is 5.91 Å². The standard InChI is InChI=1S/C11H19NO5S2/c1-16-11(17-2)3-8(10(14)15)12(6-11)9(13)7(4-18)5-19/h7-8,18-19H,3-6H2,1-2H3,(H,14,15). The zero-order valence-corrected chi connectivity index (χ0v) is 12.7. The Hall–Kier alpha value is -0.440. The van der Waals surface area contributed by atoms with Crippen molar-refractivity contribution in [3.05, 3.63) is 0 Å². The number of hydrogen-bond acceptors (Lipinski definition) is 6. The van der Waals surface area contributed by atoms with E-state index in [2.05, 4.69) is 25.3 Å². The van der Waals surface area contributed by atoms with Crippen LogP contribution in [0.2, 0.25) is 0 Å². The van der Waals surface area contributed by atoms with Crippen LogP contribution < -0.4 is 0 Å². The van der Waals surface area contributed by atoms with Crippen LogP contribution in [-0.4, -0.2) is 66.0 Å². The first-order valence-electron chi connectivity index (χ1n) is 5.80. The van der Waals surface area contributed by atoms with Gasteiger partial charge in [-0.25, -0.2) is 4.79 Å². The van der Waals surface area contributed by atoms with Gasteiger partial charge in [0.15, 0.2) is 5.79 Å². The van der Waals surface area contributed by atoms with Gasteiger partial charge in [-0.05, 0) is 0 Å². The third-order valence-electron chi connectivity index (χ3n) is 3.39. The summed E-state index contributed by atoms with van der Waals surface area (Å²) in [6.45, 7) is 0.0911. The van der Waals surface area contributed by atoms with Crippen molar-refractivity contribution in [1.82, 2.24) is 4.90 Å². The van der Waals surface area contributed by atoms with E-state index in [0.717, 1.165) is 0 Å². The summed E-state index contributed by atoms with van der Waals surface area (Å²) in [6.07, 6.45) is 0.104. The van der Waals surface area contributed by atoms with Crippen LogP contribution in [-0.2, 0) is 19.1 Å². The monoisotopic (exact) mass is 309 g/mol. The molecule has 0 bridgehead atoms. The molecule has 1 aliphatic rings. The highest BCUT2D eigenvalue weighted by atomic mass is 32.1. The quantitative estimate of drug-likeness (QED) is 0.480. The van der Waals surface area contributed by atoms with Gasteiger partial charge < -0.3 is 19.5 Å². The fourth-order valence-electron chi connectivity index (χ4n) is 2.12. The van der Waals surface area contributed by atoms with Crippen LogP contribution in [0.4, 0.5) is 0 Å². The number of amides is 1. The maximum atomic E-state index is 12.3. The fourth-order valence-corrected chi connectivity index (χ4v) is 2.89. The Morgan fingerprint density at radius 1 is 1.37 bits per heavy atom. The normalized spacial score (nSPS) is 21.9. The summed E-state index contributed by atoms with van der Waals surface area (Å²) in [7, 11) is 2.87. The van der Waals surface area contributed by atoms with Gasteiger partial charge in [0.05, 0.1) is 12.5 Å². The number of hydrogen-bond donors (Lipinski definition) is 3. The highest BCUT2D eigenvalue weighted by molar-refractivity contribution is 7.81. The van der Waals surface area contributed by atoms with Crippen molar-refractivity contribution < 1.29 is 24.2 Å². The van der Waals surface area contributed by atoms with Gasteiger partial charge >= 0.3 is 5.97 Å². The maximum Gasteiger partial charge on any atom is 0.326 e. The zero-order chi connectivity index (χ0) is 14.6. The molecule has 1 aliphatic heterocycles. The van der Waals surface area contributed by atoms with Crippen molar-refractivity contribution in [2.24, 2.45) is 5.92 Å². The van der Waals surface area contributed by atoms with Crippen molar-refractivity contribution in [2.75, 3.05) is 32.3 Å². The molecule has 8 heteroatoms. The molecule has 1 atom stereocenters. The number of carboxylic acids is 1. The summed E-state index contributed by atoms with van der Waals surface area (Å²) < 4.78 is 10.5. The number of likely N-dealkylation sites (tertiary alicyclic amines) is 1. The van der Waals surface area contributed by atoms with Gasteiger partial charge in [0.25, 0.3) is 0 Å². The van der Waals surface area contributed by atoms with Gasteiger partial charge in [-0.3, -0.25) is 4.79 Å². The van der Waals surface area contributed by atoms with Crippen LogP contribution >= 0.6 is 25.3 Å². The van der Waals surface area contributed by atoms with Crippen molar-refractivity contribution in [3.63, 3.8) is 0 Å². The smallest absolute Gasteiger partial charge is 0.326 e. The number of thiol groups is 2. The summed E-state index contributed by atoms with van der Waals surface area (Å²) in [4.78, 5) is 24.9. The number of carbonyl (C=O) groups excluding carboxylic acids is 1. The predicted octanol–water partition coefficient (Wildman–Crippen LogP) is 0.137. The van der Waals surface area contributed by atoms with E-state index in [0.29, 0.717) is 11.5 Å². The minimum absolute atomic E-state index is 0.0911. The molecule has 19 heavy (non-hydrogen) atoms. The van der Waals surface area contributed by atoms with Gasteiger partial charge in [0.1, 0.15) is 6.04 Å². The molecular formula is C11H19NO5S2. The molecule has 1 amide bonds. The first-order valence-corrected chi connectivity index (χ1v) is 7.06. The Morgan fingerprint density at radius 3 is 2.26 bits per heavy atom. The molecule has 0 aromatic carbocycles. The molecule has 1 fully saturated rings. The lowest BCUT2D eigenvalue weighted by molar-refractivity contribution is -0.197. The first-order chi connectivity index (χ1) is 8.94. The predicted molar refractivity (Wildman–Crippen MR) is 75.7 cm³/mol. The molecule has 1 saturated heterocycles. The van der Waals surface area contributed by atoms with Crippen LogP contribution in [0, 0.1) is 5.92 Å². The average Bonchev–Trinajstić information content (AvgIpc) is 2.81. The van der Waals surface area contributed by atoms with Gasteiger partial charge in [0, 0.05) is 32.1 Å². The van der Waals surface area contributed by atoms with Crippen molar-refractivity contribution in [1.29, 1.82) is 0 Å². The van der Waals surface area contributed by atoms with Crippen LogP contribution in [0.25, 0.3) is 0 Å². The lowest BCUT2D eigenvalue weighted by Gasteiger charge is -2.27. The Labute approximate surface area is 123 Å². The minimum Gasteiger partial charge on any atom is -0.480 e. The summed E-state index contributed by atoms with van der Waals surface area (Å²) in [5.74, 6) is -2.19. The van der Waals surface area contributed by atoms with E-state index in [1.54, 1.807) is 0 Å². The van der Waals surface area contributed by atoms with Crippen LogP contribution in [0.1, 0.15) is 6.42 Å². The van der Waals surface area contributed by atoms with Crippen molar-refractivity contribution in [3.8, 4) is 0 Å². The summed E-state index contributed by atoms with van der Waals surface area (Å²) in [5.41, 5.74) is 0. The fraction of sp³-hybridized carbons (Fsp3) is 0.818. The number of carboxylic acid groups (broad SMARTS) is 1. The first kappa shape index (κ1) is 16.6. The van der Waals surface area contributed by atoms with E-state index in [-0.39, 0.29) is 18.9 Å². The summed E-state index contributed by atoms with van der Waals surface area (Å²) in [5, 5.41) is 9.24. The molecule has 1 heterocycles. The maximum absolute atomic E-state index is 12.3. The largest absolute Gasteiger partial charge is 0.480 e. The van der Waals surface area contributed by atoms with Gasteiger partial charge in [-0.15, -0.1) is 0 Å². The van der Waals surface area contributed by atoms with E-state index in [9.17, 15) is 14.7 Å². The van der Waals surface area contributed by atoms with Crippen molar-refractivity contribution in [2.45, 2.75) is 18.2 Å². The Balaban J connectivity index is 2.97. The summed E-state index contributed by atoms with van der Waals surface area (Å²) >= 11 is 8.18. The van der Waals surface area contributed by atoms with E-state index in [1.165, 1.54) is 19.1 Å².